The van der Waals surface area contributed by atoms with Gasteiger partial charge in [-0.05, 0) is 12.8 Å². The third-order valence-electron chi connectivity index (χ3n) is 0.955. The van der Waals surface area contributed by atoms with Crippen LogP contribution in [0.25, 0.3) is 0 Å². The van der Waals surface area contributed by atoms with Crippen LogP contribution in [0.5, 0.6) is 0 Å². The van der Waals surface area contributed by atoms with Crippen LogP contribution in [0.3, 0.4) is 0 Å². The lowest BCUT2D eigenvalue weighted by molar-refractivity contribution is 0.894. The summed E-state index contributed by atoms with van der Waals surface area (Å²) in [6, 6.07) is 0. The van der Waals surface area contributed by atoms with Gasteiger partial charge in [-0.3, -0.25) is 0 Å². The van der Waals surface area contributed by atoms with Crippen LogP contribution in [0.2, 0.25) is 0 Å². The molecule has 0 radical (unpaired) electrons. The maximum atomic E-state index is 3.60. The second-order valence-corrected chi connectivity index (χ2v) is 5.57. The molecule has 1 aliphatic rings. The molecular weight excluding hydrogens is 267 g/mol. The average molecular weight is 275 g/mol. The van der Waals surface area contributed by atoms with Gasteiger partial charge in [0.05, 0.1) is 0 Å². The van der Waals surface area contributed by atoms with E-state index in [4.69, 9.17) is 0 Å². The SMILES string of the molecule is BrC1CCC=IC1. The average Bonchev–Trinajstić information content (AvgIpc) is 1.69. The van der Waals surface area contributed by atoms with E-state index in [2.05, 4.69) is 19.9 Å². The Hall–Kier alpha value is 1.08. The van der Waals surface area contributed by atoms with Crippen molar-refractivity contribution in [1.82, 2.24) is 0 Å². The van der Waals surface area contributed by atoms with Gasteiger partial charge in [-0.2, -0.15) is 0 Å². The van der Waals surface area contributed by atoms with Crippen LogP contribution in [-0.2, 0) is 0 Å². The van der Waals surface area contributed by atoms with Crippen molar-refractivity contribution in [2.45, 2.75) is 17.7 Å². The van der Waals surface area contributed by atoms with E-state index in [1.165, 1.54) is 17.3 Å². The van der Waals surface area contributed by atoms with Gasteiger partial charge in [-0.25, -0.2) is 0 Å². The van der Waals surface area contributed by atoms with Crippen molar-refractivity contribution in [3.8, 4) is 0 Å². The van der Waals surface area contributed by atoms with E-state index in [1.54, 1.807) is 0 Å². The molecule has 0 nitrogen and oxygen atoms in total. The van der Waals surface area contributed by atoms with Crippen molar-refractivity contribution in [2.75, 3.05) is 4.43 Å². The first kappa shape index (κ1) is 6.20. The molecule has 0 aliphatic carbocycles. The summed E-state index contributed by atoms with van der Waals surface area (Å²) < 4.78 is 3.94. The summed E-state index contributed by atoms with van der Waals surface area (Å²) in [6.45, 7) is 0. The Bertz CT molecular complexity index is 80.1. The van der Waals surface area contributed by atoms with Crippen molar-refractivity contribution in [1.29, 1.82) is 0 Å². The molecule has 0 aromatic heterocycles. The van der Waals surface area contributed by atoms with Crippen LogP contribution in [0.4, 0.5) is 0 Å². The molecule has 1 aliphatic heterocycles. The molecule has 0 spiro atoms. The number of alkyl halides is 2. The highest BCUT2D eigenvalue weighted by molar-refractivity contribution is 14.2. The molecule has 0 bridgehead atoms. The fourth-order valence-electron chi connectivity index (χ4n) is 0.558. The summed E-state index contributed by atoms with van der Waals surface area (Å²) in [5, 5.41) is 0. The first-order valence-electron chi connectivity index (χ1n) is 2.43. The van der Waals surface area contributed by atoms with E-state index in [0.717, 1.165) is 4.83 Å². The van der Waals surface area contributed by atoms with Gasteiger partial charge in [0, 0.05) is 9.25 Å². The van der Waals surface area contributed by atoms with E-state index >= 15 is 0 Å². The zero-order chi connectivity index (χ0) is 5.11. The predicted molar refractivity (Wildman–Crippen MR) is 46.9 cm³/mol. The van der Waals surface area contributed by atoms with Gasteiger partial charge in [0.15, 0.2) is 0 Å². The maximum Gasteiger partial charge on any atom is 0.0234 e. The predicted octanol–water partition coefficient (Wildman–Crippen LogP) is 2.32. The van der Waals surface area contributed by atoms with Gasteiger partial charge in [0.25, 0.3) is 0 Å². The Morgan fingerprint density at radius 3 is 2.86 bits per heavy atom. The molecule has 0 saturated heterocycles. The molecule has 1 atom stereocenters. The molecular formula is C5H8BrI. The Labute approximate surface area is 62.6 Å². The zero-order valence-corrected chi connectivity index (χ0v) is 7.78. The zero-order valence-electron chi connectivity index (χ0n) is 4.03. The second-order valence-electron chi connectivity index (χ2n) is 1.64. The first-order chi connectivity index (χ1) is 3.39. The van der Waals surface area contributed by atoms with Crippen LogP contribution < -0.4 is 0 Å². The number of hydrogen-bond acceptors (Lipinski definition) is 0. The van der Waals surface area contributed by atoms with Crippen molar-refractivity contribution >= 4 is 40.7 Å². The van der Waals surface area contributed by atoms with Crippen LogP contribution >= 0.6 is 36.7 Å². The number of rotatable bonds is 0. The molecule has 1 unspecified atom stereocenters. The van der Waals surface area contributed by atoms with Crippen LogP contribution in [-0.4, -0.2) is 13.3 Å². The van der Waals surface area contributed by atoms with Gasteiger partial charge >= 0.3 is 0 Å². The van der Waals surface area contributed by atoms with Crippen LogP contribution in [0.1, 0.15) is 12.8 Å². The monoisotopic (exact) mass is 274 g/mol. The minimum absolute atomic E-state index is 0.503. The molecule has 42 valence electrons. The fraction of sp³-hybridized carbons (Fsp3) is 0.800. The molecule has 1 heterocycles. The largest absolute Gasteiger partial charge is 0.126 e. The molecule has 0 N–H and O–H groups in total. The smallest absolute Gasteiger partial charge is 0.0234 e. The minimum Gasteiger partial charge on any atom is -0.126 e. The molecule has 0 fully saturated rings. The van der Waals surface area contributed by atoms with Gasteiger partial charge in [-0.1, -0.05) is 19.9 Å². The van der Waals surface area contributed by atoms with Gasteiger partial charge in [0.2, 0.25) is 0 Å². The van der Waals surface area contributed by atoms with Gasteiger partial charge in [-0.15, -0.1) is 20.7 Å². The van der Waals surface area contributed by atoms with Crippen LogP contribution in [0.15, 0.2) is 0 Å². The summed E-state index contributed by atoms with van der Waals surface area (Å²) in [7, 11) is 0. The lowest BCUT2D eigenvalue weighted by atomic mass is 10.3. The molecule has 0 aromatic carbocycles. The quantitative estimate of drug-likeness (QED) is 0.470. The number of hydrogen-bond donors (Lipinski definition) is 0. The third kappa shape index (κ3) is 2.22. The highest BCUT2D eigenvalue weighted by atomic mass is 127. The Morgan fingerprint density at radius 2 is 2.57 bits per heavy atom. The summed E-state index contributed by atoms with van der Waals surface area (Å²) in [6.07, 6.45) is 2.74. The summed E-state index contributed by atoms with van der Waals surface area (Å²) in [5.74, 6) is 0. The Morgan fingerprint density at radius 1 is 1.71 bits per heavy atom. The van der Waals surface area contributed by atoms with E-state index in [1.807, 2.05) is 0 Å². The molecule has 1 rings (SSSR count). The lowest BCUT2D eigenvalue weighted by Crippen LogP contribution is -2.02. The summed E-state index contributed by atoms with van der Waals surface area (Å²) in [4.78, 5) is 0.866. The summed E-state index contributed by atoms with van der Waals surface area (Å²) >= 11 is 4.10. The minimum atomic E-state index is 0.503. The first-order valence-corrected chi connectivity index (χ1v) is 6.12. The fourth-order valence-corrected chi connectivity index (χ4v) is 3.92. The normalized spacial score (nSPS) is 31.9. The summed E-state index contributed by atoms with van der Waals surface area (Å²) in [5.41, 5.74) is 0. The van der Waals surface area contributed by atoms with Crippen LogP contribution in [0, 0.1) is 0 Å². The van der Waals surface area contributed by atoms with E-state index in [-0.39, 0.29) is 0 Å². The Kier molecular flexibility index (Phi) is 2.81. The maximum absolute atomic E-state index is 3.60. The number of halogens is 2. The van der Waals surface area contributed by atoms with E-state index in [0.29, 0.717) is 20.7 Å². The van der Waals surface area contributed by atoms with Crippen molar-refractivity contribution in [3.63, 3.8) is 0 Å². The Balaban J connectivity index is 2.32. The van der Waals surface area contributed by atoms with Crippen molar-refractivity contribution in [2.24, 2.45) is 0 Å². The highest BCUT2D eigenvalue weighted by Crippen LogP contribution is 2.18. The second kappa shape index (κ2) is 3.17. The van der Waals surface area contributed by atoms with Gasteiger partial charge in [0.1, 0.15) is 0 Å². The third-order valence-corrected chi connectivity index (χ3v) is 5.76. The lowest BCUT2D eigenvalue weighted by Gasteiger charge is -2.07. The molecule has 0 aromatic rings. The molecule has 7 heavy (non-hydrogen) atoms. The standard InChI is InChI=1S/C5H8BrI/c6-5-2-1-3-7-4-5/h3,5H,1-2,4H2. The molecule has 0 amide bonds. The van der Waals surface area contributed by atoms with E-state index < -0.39 is 0 Å². The molecule has 2 heteroatoms. The highest BCUT2D eigenvalue weighted by Gasteiger charge is 2.02. The van der Waals surface area contributed by atoms with Gasteiger partial charge < -0.3 is 0 Å². The van der Waals surface area contributed by atoms with E-state index in [9.17, 15) is 0 Å². The van der Waals surface area contributed by atoms with Crippen molar-refractivity contribution in [3.05, 3.63) is 0 Å². The van der Waals surface area contributed by atoms with Crippen molar-refractivity contribution < 1.29 is 0 Å². The topological polar surface area (TPSA) is 0 Å². The molecule has 0 saturated carbocycles.